The van der Waals surface area contributed by atoms with Crippen LogP contribution >= 0.6 is 0 Å². The zero-order chi connectivity index (χ0) is 14.3. The molecule has 0 radical (unpaired) electrons. The van der Waals surface area contributed by atoms with Crippen molar-refractivity contribution in [3.05, 3.63) is 35.1 Å². The molecule has 1 aromatic carbocycles. The van der Waals surface area contributed by atoms with Crippen molar-refractivity contribution < 1.29 is 4.39 Å². The summed E-state index contributed by atoms with van der Waals surface area (Å²) in [5.74, 6) is 1.62. The van der Waals surface area contributed by atoms with Gasteiger partial charge >= 0.3 is 0 Å². The van der Waals surface area contributed by atoms with Gasteiger partial charge in [-0.05, 0) is 56.1 Å². The van der Waals surface area contributed by atoms with Crippen LogP contribution in [0.25, 0.3) is 0 Å². The van der Waals surface area contributed by atoms with Crippen LogP contribution in [0.15, 0.2) is 18.2 Å². The highest BCUT2D eigenvalue weighted by Crippen LogP contribution is 2.42. The quantitative estimate of drug-likeness (QED) is 0.783. The highest BCUT2D eigenvalue weighted by molar-refractivity contribution is 5.27. The van der Waals surface area contributed by atoms with Gasteiger partial charge in [0.15, 0.2) is 0 Å². The SMILES string of the molecule is Cc1cccc(F)c1CN1C2CCC1CC(C(C)C)C2. The van der Waals surface area contributed by atoms with Gasteiger partial charge in [-0.3, -0.25) is 4.90 Å². The average molecular weight is 275 g/mol. The zero-order valence-electron chi connectivity index (χ0n) is 12.9. The molecule has 2 atom stereocenters. The van der Waals surface area contributed by atoms with Gasteiger partial charge < -0.3 is 0 Å². The molecule has 3 rings (SSSR count). The number of fused-ring (bicyclic) bond motifs is 2. The van der Waals surface area contributed by atoms with Crippen LogP contribution in [0.4, 0.5) is 4.39 Å². The fourth-order valence-electron chi connectivity index (χ4n) is 4.17. The molecule has 20 heavy (non-hydrogen) atoms. The fraction of sp³-hybridized carbons (Fsp3) is 0.667. The van der Waals surface area contributed by atoms with E-state index in [9.17, 15) is 4.39 Å². The van der Waals surface area contributed by atoms with Crippen LogP contribution < -0.4 is 0 Å². The molecule has 2 heterocycles. The standard InChI is InChI=1S/C18H26FN/c1-12(2)14-9-15-7-8-16(10-14)20(15)11-17-13(3)5-4-6-18(17)19/h4-6,12,14-16H,7-11H2,1-3H3. The van der Waals surface area contributed by atoms with Crippen molar-refractivity contribution in [2.75, 3.05) is 0 Å². The van der Waals surface area contributed by atoms with E-state index in [1.54, 1.807) is 6.07 Å². The lowest BCUT2D eigenvalue weighted by Crippen LogP contribution is -2.43. The predicted molar refractivity (Wildman–Crippen MR) is 81.1 cm³/mol. The Balaban J connectivity index is 1.77. The molecule has 2 heteroatoms. The van der Waals surface area contributed by atoms with Gasteiger partial charge in [0.1, 0.15) is 5.82 Å². The van der Waals surface area contributed by atoms with Crippen LogP contribution in [0, 0.1) is 24.6 Å². The molecular formula is C18H26FN. The lowest BCUT2D eigenvalue weighted by Gasteiger charge is -2.40. The Morgan fingerprint density at radius 1 is 1.20 bits per heavy atom. The lowest BCUT2D eigenvalue weighted by molar-refractivity contribution is 0.0775. The van der Waals surface area contributed by atoms with Crippen LogP contribution in [-0.2, 0) is 6.54 Å². The second-order valence-corrected chi connectivity index (χ2v) is 7.07. The molecule has 2 unspecified atom stereocenters. The molecule has 0 amide bonds. The molecule has 1 nitrogen and oxygen atoms in total. The van der Waals surface area contributed by atoms with Crippen molar-refractivity contribution in [3.63, 3.8) is 0 Å². The number of halogens is 1. The lowest BCUT2D eigenvalue weighted by atomic mass is 9.82. The van der Waals surface area contributed by atoms with Gasteiger partial charge in [-0.25, -0.2) is 4.39 Å². The Morgan fingerprint density at radius 3 is 2.40 bits per heavy atom. The number of hydrogen-bond donors (Lipinski definition) is 0. The van der Waals surface area contributed by atoms with E-state index < -0.39 is 0 Å². The van der Waals surface area contributed by atoms with E-state index in [-0.39, 0.29) is 5.82 Å². The third kappa shape index (κ3) is 2.50. The van der Waals surface area contributed by atoms with Crippen molar-refractivity contribution in [2.45, 2.75) is 65.1 Å². The minimum absolute atomic E-state index is 0.0321. The second kappa shape index (κ2) is 5.48. The molecule has 2 bridgehead atoms. The maximum absolute atomic E-state index is 14.1. The first-order valence-corrected chi connectivity index (χ1v) is 8.06. The summed E-state index contributed by atoms with van der Waals surface area (Å²) >= 11 is 0. The minimum Gasteiger partial charge on any atom is -0.293 e. The first kappa shape index (κ1) is 14.1. The van der Waals surface area contributed by atoms with E-state index in [0.717, 1.165) is 29.5 Å². The summed E-state index contributed by atoms with van der Waals surface area (Å²) in [6.45, 7) is 7.53. The Morgan fingerprint density at radius 2 is 1.85 bits per heavy atom. The van der Waals surface area contributed by atoms with E-state index in [0.29, 0.717) is 12.1 Å². The van der Waals surface area contributed by atoms with Gasteiger partial charge in [0.05, 0.1) is 0 Å². The maximum atomic E-state index is 14.1. The van der Waals surface area contributed by atoms with E-state index in [2.05, 4.69) is 18.7 Å². The zero-order valence-corrected chi connectivity index (χ0v) is 12.9. The largest absolute Gasteiger partial charge is 0.293 e. The fourth-order valence-corrected chi connectivity index (χ4v) is 4.17. The molecule has 2 fully saturated rings. The van der Waals surface area contributed by atoms with E-state index in [1.165, 1.54) is 25.7 Å². The molecule has 0 saturated carbocycles. The number of aryl methyl sites for hydroxylation is 1. The van der Waals surface area contributed by atoms with Crippen molar-refractivity contribution in [2.24, 2.45) is 11.8 Å². The summed E-state index contributed by atoms with van der Waals surface area (Å²) in [5, 5.41) is 0. The summed E-state index contributed by atoms with van der Waals surface area (Å²) in [6, 6.07) is 6.81. The first-order chi connectivity index (χ1) is 9.56. The van der Waals surface area contributed by atoms with Gasteiger partial charge in [-0.2, -0.15) is 0 Å². The summed E-state index contributed by atoms with van der Waals surface area (Å²) in [7, 11) is 0. The number of piperidine rings is 1. The third-order valence-corrected chi connectivity index (χ3v) is 5.56. The molecule has 0 aromatic heterocycles. The molecule has 2 saturated heterocycles. The van der Waals surface area contributed by atoms with E-state index in [4.69, 9.17) is 0 Å². The molecule has 2 aliphatic rings. The van der Waals surface area contributed by atoms with Crippen molar-refractivity contribution >= 4 is 0 Å². The average Bonchev–Trinajstić information content (AvgIpc) is 2.63. The van der Waals surface area contributed by atoms with Gasteiger partial charge in [-0.1, -0.05) is 26.0 Å². The monoisotopic (exact) mass is 275 g/mol. The summed E-state index contributed by atoms with van der Waals surface area (Å²) in [5.41, 5.74) is 2.00. The van der Waals surface area contributed by atoms with Gasteiger partial charge in [0, 0.05) is 24.2 Å². The highest BCUT2D eigenvalue weighted by atomic mass is 19.1. The van der Waals surface area contributed by atoms with Gasteiger partial charge in [0.2, 0.25) is 0 Å². The highest BCUT2D eigenvalue weighted by Gasteiger charge is 2.41. The Kier molecular flexibility index (Phi) is 3.85. The number of nitrogens with zero attached hydrogens (tertiary/aromatic N) is 1. The molecule has 1 aromatic rings. The maximum Gasteiger partial charge on any atom is 0.127 e. The van der Waals surface area contributed by atoms with Crippen LogP contribution in [-0.4, -0.2) is 17.0 Å². The molecule has 0 N–H and O–H groups in total. The third-order valence-electron chi connectivity index (χ3n) is 5.56. The number of benzene rings is 1. The van der Waals surface area contributed by atoms with Crippen molar-refractivity contribution in [1.82, 2.24) is 4.90 Å². The van der Waals surface area contributed by atoms with Crippen LogP contribution in [0.1, 0.15) is 50.7 Å². The van der Waals surface area contributed by atoms with Crippen molar-refractivity contribution in [1.29, 1.82) is 0 Å². The Labute approximate surface area is 122 Å². The number of rotatable bonds is 3. The Hall–Kier alpha value is -0.890. The van der Waals surface area contributed by atoms with E-state index in [1.807, 2.05) is 19.1 Å². The summed E-state index contributed by atoms with van der Waals surface area (Å²) in [6.07, 6.45) is 5.23. The summed E-state index contributed by atoms with van der Waals surface area (Å²) in [4.78, 5) is 2.59. The van der Waals surface area contributed by atoms with E-state index >= 15 is 0 Å². The molecule has 110 valence electrons. The second-order valence-electron chi connectivity index (χ2n) is 7.07. The molecular weight excluding hydrogens is 249 g/mol. The van der Waals surface area contributed by atoms with Crippen molar-refractivity contribution in [3.8, 4) is 0 Å². The molecule has 0 spiro atoms. The smallest absolute Gasteiger partial charge is 0.127 e. The van der Waals surface area contributed by atoms with Crippen LogP contribution in [0.3, 0.4) is 0 Å². The Bertz CT molecular complexity index is 448. The van der Waals surface area contributed by atoms with Gasteiger partial charge in [-0.15, -0.1) is 0 Å². The molecule has 2 aliphatic heterocycles. The predicted octanol–water partition coefficient (Wildman–Crippen LogP) is 4.53. The normalized spacial score (nSPS) is 30.1. The molecule has 0 aliphatic carbocycles. The minimum atomic E-state index is -0.0321. The topological polar surface area (TPSA) is 3.24 Å². The van der Waals surface area contributed by atoms with Crippen LogP contribution in [0.5, 0.6) is 0 Å². The number of hydrogen-bond acceptors (Lipinski definition) is 1. The van der Waals surface area contributed by atoms with Gasteiger partial charge in [0.25, 0.3) is 0 Å². The first-order valence-electron chi connectivity index (χ1n) is 8.06. The summed E-state index contributed by atoms with van der Waals surface area (Å²) < 4.78 is 14.1. The van der Waals surface area contributed by atoms with Crippen LogP contribution in [0.2, 0.25) is 0 Å².